The SMILES string of the molecule is CCc1ccc(C(=O)Nc2cc(N3CCOCC3)c([N+](=O)[O-])cc2Cl)cc1. The molecule has 0 aromatic heterocycles. The molecule has 0 bridgehead atoms. The molecule has 142 valence electrons. The van der Waals surface area contributed by atoms with Gasteiger partial charge in [0, 0.05) is 24.7 Å². The van der Waals surface area contributed by atoms with Crippen molar-refractivity contribution < 1.29 is 14.5 Å². The van der Waals surface area contributed by atoms with Crippen LogP contribution in [0, 0.1) is 10.1 Å². The zero-order chi connectivity index (χ0) is 19.4. The molecule has 1 aliphatic heterocycles. The third kappa shape index (κ3) is 4.37. The predicted octanol–water partition coefficient (Wildman–Crippen LogP) is 3.90. The maximum atomic E-state index is 12.5. The monoisotopic (exact) mass is 389 g/mol. The number of benzene rings is 2. The number of aryl methyl sites for hydroxylation is 1. The number of hydrogen-bond donors (Lipinski definition) is 1. The fourth-order valence-corrected chi connectivity index (χ4v) is 3.14. The van der Waals surface area contributed by atoms with Gasteiger partial charge in [-0.15, -0.1) is 0 Å². The summed E-state index contributed by atoms with van der Waals surface area (Å²) in [6.07, 6.45) is 0.888. The van der Waals surface area contributed by atoms with E-state index in [0.717, 1.165) is 12.0 Å². The van der Waals surface area contributed by atoms with Crippen molar-refractivity contribution in [2.45, 2.75) is 13.3 Å². The lowest BCUT2D eigenvalue weighted by molar-refractivity contribution is -0.384. The first kappa shape index (κ1) is 19.1. The van der Waals surface area contributed by atoms with E-state index in [1.54, 1.807) is 18.2 Å². The molecule has 0 radical (unpaired) electrons. The molecule has 1 heterocycles. The highest BCUT2D eigenvalue weighted by molar-refractivity contribution is 6.34. The number of amides is 1. The average Bonchev–Trinajstić information content (AvgIpc) is 2.69. The Kier molecular flexibility index (Phi) is 5.93. The van der Waals surface area contributed by atoms with E-state index in [1.165, 1.54) is 6.07 Å². The largest absolute Gasteiger partial charge is 0.378 e. The summed E-state index contributed by atoms with van der Waals surface area (Å²) in [4.78, 5) is 25.4. The van der Waals surface area contributed by atoms with Crippen LogP contribution in [0.5, 0.6) is 0 Å². The lowest BCUT2D eigenvalue weighted by Gasteiger charge is -2.29. The van der Waals surface area contributed by atoms with Gasteiger partial charge in [0.15, 0.2) is 0 Å². The molecule has 0 saturated carbocycles. The molecule has 1 aliphatic rings. The van der Waals surface area contributed by atoms with Crippen molar-refractivity contribution >= 4 is 34.6 Å². The summed E-state index contributed by atoms with van der Waals surface area (Å²) < 4.78 is 5.31. The van der Waals surface area contributed by atoms with Crippen molar-refractivity contribution in [2.75, 3.05) is 36.5 Å². The molecule has 27 heavy (non-hydrogen) atoms. The highest BCUT2D eigenvalue weighted by atomic mass is 35.5. The lowest BCUT2D eigenvalue weighted by Crippen LogP contribution is -2.36. The maximum Gasteiger partial charge on any atom is 0.294 e. The Hall–Kier alpha value is -2.64. The standard InChI is InChI=1S/C19H20ClN3O4/c1-2-13-3-5-14(6-4-13)19(24)21-16-12-17(22-7-9-27-10-8-22)18(23(25)26)11-15(16)20/h3-6,11-12H,2,7-10H2,1H3,(H,21,24). The number of ether oxygens (including phenoxy) is 1. The fraction of sp³-hybridized carbons (Fsp3) is 0.316. The number of nitrogens with zero attached hydrogens (tertiary/aromatic N) is 2. The summed E-state index contributed by atoms with van der Waals surface area (Å²) in [5.41, 5.74) is 2.30. The van der Waals surface area contributed by atoms with Gasteiger partial charge in [-0.2, -0.15) is 0 Å². The quantitative estimate of drug-likeness (QED) is 0.619. The summed E-state index contributed by atoms with van der Waals surface area (Å²) in [6, 6.07) is 10.1. The molecule has 8 heteroatoms. The molecule has 1 N–H and O–H groups in total. The highest BCUT2D eigenvalue weighted by Crippen LogP contribution is 2.37. The van der Waals surface area contributed by atoms with Crippen molar-refractivity contribution in [1.82, 2.24) is 0 Å². The molecule has 3 rings (SSSR count). The van der Waals surface area contributed by atoms with Crippen LogP contribution in [0.15, 0.2) is 36.4 Å². The van der Waals surface area contributed by atoms with Crippen LogP contribution in [-0.4, -0.2) is 37.1 Å². The Balaban J connectivity index is 1.89. The van der Waals surface area contributed by atoms with E-state index in [2.05, 4.69) is 5.32 Å². The van der Waals surface area contributed by atoms with Crippen LogP contribution >= 0.6 is 11.6 Å². The molecule has 1 saturated heterocycles. The molecular formula is C19H20ClN3O4. The fourth-order valence-electron chi connectivity index (χ4n) is 2.94. The van der Waals surface area contributed by atoms with Gasteiger partial charge < -0.3 is 15.0 Å². The molecular weight excluding hydrogens is 370 g/mol. The van der Waals surface area contributed by atoms with Gasteiger partial charge >= 0.3 is 0 Å². The van der Waals surface area contributed by atoms with Gasteiger partial charge in [0.1, 0.15) is 5.69 Å². The van der Waals surface area contributed by atoms with E-state index in [4.69, 9.17) is 16.3 Å². The number of carbonyl (C=O) groups excluding carboxylic acids is 1. The highest BCUT2D eigenvalue weighted by Gasteiger charge is 2.24. The smallest absolute Gasteiger partial charge is 0.294 e. The van der Waals surface area contributed by atoms with Crippen LogP contribution < -0.4 is 10.2 Å². The van der Waals surface area contributed by atoms with Crippen LogP contribution in [0.1, 0.15) is 22.8 Å². The molecule has 1 fully saturated rings. The molecule has 0 spiro atoms. The van der Waals surface area contributed by atoms with E-state index in [0.29, 0.717) is 43.2 Å². The third-order valence-electron chi connectivity index (χ3n) is 4.49. The predicted molar refractivity (Wildman–Crippen MR) is 105 cm³/mol. The summed E-state index contributed by atoms with van der Waals surface area (Å²) in [5, 5.41) is 14.3. The minimum Gasteiger partial charge on any atom is -0.378 e. The average molecular weight is 390 g/mol. The third-order valence-corrected chi connectivity index (χ3v) is 4.80. The van der Waals surface area contributed by atoms with Crippen LogP contribution in [0.4, 0.5) is 17.1 Å². The van der Waals surface area contributed by atoms with Crippen LogP contribution in [-0.2, 0) is 11.2 Å². The molecule has 7 nitrogen and oxygen atoms in total. The van der Waals surface area contributed by atoms with Crippen molar-refractivity contribution in [3.63, 3.8) is 0 Å². The van der Waals surface area contributed by atoms with Crippen LogP contribution in [0.3, 0.4) is 0 Å². The van der Waals surface area contributed by atoms with Gasteiger partial charge in [0.25, 0.3) is 11.6 Å². The Morgan fingerprint density at radius 3 is 2.52 bits per heavy atom. The van der Waals surface area contributed by atoms with Gasteiger partial charge in [-0.25, -0.2) is 0 Å². The van der Waals surface area contributed by atoms with Crippen LogP contribution in [0.2, 0.25) is 5.02 Å². The second kappa shape index (κ2) is 8.37. The summed E-state index contributed by atoms with van der Waals surface area (Å²) in [5.74, 6) is -0.318. The number of anilines is 2. The molecule has 0 atom stereocenters. The number of hydrogen-bond acceptors (Lipinski definition) is 5. The molecule has 2 aromatic carbocycles. The number of nitrogens with one attached hydrogen (secondary N) is 1. The molecule has 0 aliphatic carbocycles. The van der Waals surface area contributed by atoms with E-state index < -0.39 is 4.92 Å². The molecule has 1 amide bonds. The number of carbonyl (C=O) groups is 1. The van der Waals surface area contributed by atoms with E-state index in [1.807, 2.05) is 24.0 Å². The zero-order valence-electron chi connectivity index (χ0n) is 14.9. The minimum absolute atomic E-state index is 0.0906. The van der Waals surface area contributed by atoms with Gasteiger partial charge in [0.05, 0.1) is 28.8 Å². The Morgan fingerprint density at radius 1 is 1.26 bits per heavy atom. The van der Waals surface area contributed by atoms with Gasteiger partial charge in [-0.3, -0.25) is 14.9 Å². The van der Waals surface area contributed by atoms with E-state index in [9.17, 15) is 14.9 Å². The summed E-state index contributed by atoms with van der Waals surface area (Å²) >= 11 is 6.20. The normalized spacial score (nSPS) is 14.1. The number of nitro groups is 1. The zero-order valence-corrected chi connectivity index (χ0v) is 15.7. The van der Waals surface area contributed by atoms with Gasteiger partial charge in [0.2, 0.25) is 0 Å². The Labute approximate surface area is 162 Å². The van der Waals surface area contributed by atoms with Crippen molar-refractivity contribution in [1.29, 1.82) is 0 Å². The summed E-state index contributed by atoms with van der Waals surface area (Å²) in [6.45, 7) is 4.10. The van der Waals surface area contributed by atoms with Gasteiger partial charge in [-0.1, -0.05) is 30.7 Å². The topological polar surface area (TPSA) is 84.7 Å². The molecule has 2 aromatic rings. The van der Waals surface area contributed by atoms with Crippen molar-refractivity contribution in [3.8, 4) is 0 Å². The first-order valence-corrected chi connectivity index (χ1v) is 9.08. The number of halogens is 1. The van der Waals surface area contributed by atoms with E-state index in [-0.39, 0.29) is 16.6 Å². The Morgan fingerprint density at radius 2 is 1.93 bits per heavy atom. The Bertz CT molecular complexity index is 849. The number of nitro benzene ring substituents is 1. The minimum atomic E-state index is -0.467. The first-order valence-electron chi connectivity index (χ1n) is 8.70. The van der Waals surface area contributed by atoms with Crippen molar-refractivity contribution in [2.24, 2.45) is 0 Å². The van der Waals surface area contributed by atoms with Gasteiger partial charge in [-0.05, 0) is 30.2 Å². The van der Waals surface area contributed by atoms with E-state index >= 15 is 0 Å². The van der Waals surface area contributed by atoms with Crippen LogP contribution in [0.25, 0.3) is 0 Å². The lowest BCUT2D eigenvalue weighted by atomic mass is 10.1. The second-order valence-corrected chi connectivity index (χ2v) is 6.59. The number of rotatable bonds is 5. The second-order valence-electron chi connectivity index (χ2n) is 6.18. The molecule has 0 unspecified atom stereocenters. The maximum absolute atomic E-state index is 12.5. The number of morpholine rings is 1. The summed E-state index contributed by atoms with van der Waals surface area (Å²) in [7, 11) is 0. The first-order chi connectivity index (χ1) is 13.0. The van der Waals surface area contributed by atoms with Crippen molar-refractivity contribution in [3.05, 3.63) is 62.7 Å².